The number of aromatic nitrogens is 2. The van der Waals surface area contributed by atoms with Gasteiger partial charge in [-0.05, 0) is 30.3 Å². The van der Waals surface area contributed by atoms with Gasteiger partial charge in [-0.25, -0.2) is 0 Å². The molecule has 5 rings (SSSR count). The lowest BCUT2D eigenvalue weighted by Crippen LogP contribution is -2.22. The zero-order valence-corrected chi connectivity index (χ0v) is 17.6. The number of hydrogen-bond donors (Lipinski definition) is 1. The molecule has 7 nitrogen and oxygen atoms in total. The van der Waals surface area contributed by atoms with Gasteiger partial charge in [-0.15, -0.1) is 0 Å². The first kappa shape index (κ1) is 19.0. The standard InChI is InChI=1S/C24H21N3O4/c1-26-11-15(14-10-13(30-3)8-9-17(14)26)21-22(24(29)25-23(21)28)16-12-27(2)18-6-5-7-19(31-4)20(16)18/h5-12H,1-4H3,(H,25,28,29). The van der Waals surface area contributed by atoms with Crippen LogP contribution in [0.15, 0.2) is 48.8 Å². The quantitative estimate of drug-likeness (QED) is 0.519. The van der Waals surface area contributed by atoms with Crippen molar-refractivity contribution in [2.45, 2.75) is 0 Å². The molecule has 0 bridgehead atoms. The Bertz CT molecular complexity index is 1440. The number of rotatable bonds is 4. The van der Waals surface area contributed by atoms with Crippen LogP contribution in [0.25, 0.3) is 33.0 Å². The predicted octanol–water partition coefficient (Wildman–Crippen LogP) is 3.25. The molecule has 0 aliphatic carbocycles. The molecule has 0 saturated heterocycles. The Morgan fingerprint density at radius 2 is 1.48 bits per heavy atom. The highest BCUT2D eigenvalue weighted by molar-refractivity contribution is 6.51. The van der Waals surface area contributed by atoms with E-state index in [1.807, 2.05) is 72.0 Å². The second-order valence-electron chi connectivity index (χ2n) is 7.58. The first-order valence-corrected chi connectivity index (χ1v) is 9.80. The van der Waals surface area contributed by atoms with Gasteiger partial charge in [-0.3, -0.25) is 14.9 Å². The SMILES string of the molecule is COc1ccc2c(c1)c(C1=C(c3cn(C)c4cccc(OC)c34)C(=O)NC1=O)cn2C. The highest BCUT2D eigenvalue weighted by Gasteiger charge is 2.35. The summed E-state index contributed by atoms with van der Waals surface area (Å²) in [5.74, 6) is 0.492. The van der Waals surface area contributed by atoms with Crippen molar-refractivity contribution in [2.24, 2.45) is 14.1 Å². The van der Waals surface area contributed by atoms with E-state index in [4.69, 9.17) is 9.47 Å². The second kappa shape index (κ2) is 6.77. The molecule has 3 heterocycles. The monoisotopic (exact) mass is 415 g/mol. The minimum absolute atomic E-state index is 0.343. The molecule has 1 aliphatic rings. The van der Waals surface area contributed by atoms with Crippen molar-refractivity contribution in [3.8, 4) is 11.5 Å². The summed E-state index contributed by atoms with van der Waals surface area (Å²) in [4.78, 5) is 26.0. The van der Waals surface area contributed by atoms with E-state index in [0.717, 1.165) is 21.8 Å². The Balaban J connectivity index is 1.88. The third kappa shape index (κ3) is 2.66. The molecule has 0 fully saturated rings. The van der Waals surface area contributed by atoms with Crippen LogP contribution in [0.5, 0.6) is 11.5 Å². The Morgan fingerprint density at radius 1 is 0.806 bits per heavy atom. The average molecular weight is 415 g/mol. The second-order valence-corrected chi connectivity index (χ2v) is 7.58. The van der Waals surface area contributed by atoms with Crippen LogP contribution in [0.1, 0.15) is 11.1 Å². The summed E-state index contributed by atoms with van der Waals surface area (Å²) in [5.41, 5.74) is 3.88. The molecular formula is C24H21N3O4. The van der Waals surface area contributed by atoms with Crippen LogP contribution >= 0.6 is 0 Å². The lowest BCUT2D eigenvalue weighted by Gasteiger charge is -2.07. The number of imide groups is 1. The fourth-order valence-electron chi connectivity index (χ4n) is 4.44. The first-order chi connectivity index (χ1) is 14.9. The molecule has 1 N–H and O–H groups in total. The van der Waals surface area contributed by atoms with Crippen LogP contribution in [0.3, 0.4) is 0 Å². The van der Waals surface area contributed by atoms with Crippen molar-refractivity contribution >= 4 is 44.8 Å². The van der Waals surface area contributed by atoms with Crippen LogP contribution < -0.4 is 14.8 Å². The number of amides is 2. The first-order valence-electron chi connectivity index (χ1n) is 9.80. The van der Waals surface area contributed by atoms with Crippen molar-refractivity contribution in [3.05, 3.63) is 59.9 Å². The van der Waals surface area contributed by atoms with Gasteiger partial charge in [0.05, 0.1) is 30.9 Å². The molecule has 0 radical (unpaired) electrons. The largest absolute Gasteiger partial charge is 0.497 e. The van der Waals surface area contributed by atoms with Crippen LogP contribution in [-0.2, 0) is 23.7 Å². The summed E-state index contributed by atoms with van der Waals surface area (Å²) < 4.78 is 14.8. The third-order valence-corrected chi connectivity index (χ3v) is 5.86. The highest BCUT2D eigenvalue weighted by Crippen LogP contribution is 2.41. The maximum Gasteiger partial charge on any atom is 0.259 e. The number of ether oxygens (including phenoxy) is 2. The lowest BCUT2D eigenvalue weighted by atomic mass is 9.95. The van der Waals surface area contributed by atoms with Crippen molar-refractivity contribution in [2.75, 3.05) is 14.2 Å². The van der Waals surface area contributed by atoms with Crippen LogP contribution in [-0.4, -0.2) is 35.2 Å². The summed E-state index contributed by atoms with van der Waals surface area (Å²) in [6.07, 6.45) is 3.74. The molecule has 0 atom stereocenters. The number of nitrogens with zero attached hydrogens (tertiary/aromatic N) is 2. The topological polar surface area (TPSA) is 74.5 Å². The third-order valence-electron chi connectivity index (χ3n) is 5.86. The number of aryl methyl sites for hydroxylation is 2. The molecule has 2 aromatic carbocycles. The number of hydrogen-bond acceptors (Lipinski definition) is 4. The van der Waals surface area contributed by atoms with Gasteiger partial charge in [0.25, 0.3) is 11.8 Å². The molecule has 1 aliphatic heterocycles. The smallest absolute Gasteiger partial charge is 0.259 e. The van der Waals surface area contributed by atoms with E-state index in [1.165, 1.54) is 0 Å². The predicted molar refractivity (Wildman–Crippen MR) is 119 cm³/mol. The Hall–Kier alpha value is -4.00. The van der Waals surface area contributed by atoms with E-state index in [9.17, 15) is 9.59 Å². The maximum atomic E-state index is 13.0. The van der Waals surface area contributed by atoms with Crippen LogP contribution in [0, 0.1) is 0 Å². The van der Waals surface area contributed by atoms with Gasteiger partial charge < -0.3 is 18.6 Å². The summed E-state index contributed by atoms with van der Waals surface area (Å²) in [5, 5.41) is 4.12. The number of carbonyl (C=O) groups is 2. The van der Waals surface area contributed by atoms with Gasteiger partial charge in [0.1, 0.15) is 11.5 Å². The molecule has 0 spiro atoms. The molecular weight excluding hydrogens is 394 g/mol. The average Bonchev–Trinajstić information content (AvgIpc) is 3.38. The lowest BCUT2D eigenvalue weighted by molar-refractivity contribution is -0.122. The fourth-order valence-corrected chi connectivity index (χ4v) is 4.44. The zero-order chi connectivity index (χ0) is 21.9. The summed E-state index contributed by atoms with van der Waals surface area (Å²) in [6, 6.07) is 11.4. The minimum atomic E-state index is -0.418. The van der Waals surface area contributed by atoms with Crippen molar-refractivity contribution in [1.29, 1.82) is 0 Å². The Morgan fingerprint density at radius 3 is 2.19 bits per heavy atom. The van der Waals surface area contributed by atoms with E-state index in [2.05, 4.69) is 5.32 Å². The molecule has 0 unspecified atom stereocenters. The Kier molecular flexibility index (Phi) is 4.15. The Labute approximate surface area is 178 Å². The number of carbonyl (C=O) groups excluding carboxylic acids is 2. The number of nitrogens with one attached hydrogen (secondary N) is 1. The van der Waals surface area contributed by atoms with Crippen molar-refractivity contribution in [1.82, 2.24) is 14.5 Å². The van der Waals surface area contributed by atoms with E-state index in [-0.39, 0.29) is 0 Å². The van der Waals surface area contributed by atoms with Gasteiger partial charge in [0, 0.05) is 53.9 Å². The van der Waals surface area contributed by atoms with E-state index < -0.39 is 11.8 Å². The summed E-state index contributed by atoms with van der Waals surface area (Å²) in [7, 11) is 7.01. The van der Waals surface area contributed by atoms with Gasteiger partial charge in [0.15, 0.2) is 0 Å². The van der Waals surface area contributed by atoms with Crippen LogP contribution in [0.4, 0.5) is 0 Å². The minimum Gasteiger partial charge on any atom is -0.497 e. The van der Waals surface area contributed by atoms with Gasteiger partial charge in [-0.2, -0.15) is 0 Å². The number of fused-ring (bicyclic) bond motifs is 2. The number of methoxy groups -OCH3 is 2. The normalized spacial score (nSPS) is 14.1. The van der Waals surface area contributed by atoms with Crippen molar-refractivity contribution < 1.29 is 19.1 Å². The molecule has 156 valence electrons. The molecule has 2 amide bonds. The van der Waals surface area contributed by atoms with E-state index in [0.29, 0.717) is 33.8 Å². The highest BCUT2D eigenvalue weighted by atomic mass is 16.5. The summed E-state index contributed by atoms with van der Waals surface area (Å²) >= 11 is 0. The van der Waals surface area contributed by atoms with Gasteiger partial charge >= 0.3 is 0 Å². The summed E-state index contributed by atoms with van der Waals surface area (Å²) in [6.45, 7) is 0. The molecule has 2 aromatic heterocycles. The van der Waals surface area contributed by atoms with E-state index >= 15 is 0 Å². The molecule has 4 aromatic rings. The zero-order valence-electron chi connectivity index (χ0n) is 17.6. The fraction of sp³-hybridized carbons (Fsp3) is 0.167. The molecule has 7 heteroatoms. The molecule has 0 saturated carbocycles. The van der Waals surface area contributed by atoms with Crippen LogP contribution in [0.2, 0.25) is 0 Å². The maximum absolute atomic E-state index is 13.0. The van der Waals surface area contributed by atoms with E-state index in [1.54, 1.807) is 14.2 Å². The molecule has 31 heavy (non-hydrogen) atoms. The number of benzene rings is 2. The van der Waals surface area contributed by atoms with Crippen molar-refractivity contribution in [3.63, 3.8) is 0 Å². The van der Waals surface area contributed by atoms with Gasteiger partial charge in [0.2, 0.25) is 0 Å². The van der Waals surface area contributed by atoms with Gasteiger partial charge in [-0.1, -0.05) is 6.07 Å².